The molecule has 0 saturated carbocycles. The van der Waals surface area contributed by atoms with Gasteiger partial charge in [-0.15, -0.1) is 0 Å². The number of rotatable bonds is 4. The van der Waals surface area contributed by atoms with Crippen LogP contribution < -0.4 is 11.1 Å². The van der Waals surface area contributed by atoms with Gasteiger partial charge in [0.2, 0.25) is 5.91 Å². The number of amides is 1. The molecule has 2 aromatic rings. The number of esters is 1. The third-order valence-corrected chi connectivity index (χ3v) is 2.97. The molecule has 0 aliphatic carbocycles. The molecular formula is C13H16N4O4. The fourth-order valence-electron chi connectivity index (χ4n) is 2.09. The lowest BCUT2D eigenvalue weighted by atomic mass is 10.2. The van der Waals surface area contributed by atoms with Crippen LogP contribution in [0.2, 0.25) is 0 Å². The Kier molecular flexibility index (Phi) is 4.08. The molecule has 0 atom stereocenters. The summed E-state index contributed by atoms with van der Waals surface area (Å²) in [4.78, 5) is 27.9. The Morgan fingerprint density at radius 2 is 2.14 bits per heavy atom. The quantitative estimate of drug-likeness (QED) is 0.796. The number of hydrogen-bond donors (Lipinski definition) is 2. The van der Waals surface area contributed by atoms with E-state index in [0.717, 1.165) is 0 Å². The maximum absolute atomic E-state index is 12.0. The number of nitrogens with one attached hydrogen (secondary N) is 1. The number of ether oxygens (including phenoxy) is 2. The van der Waals surface area contributed by atoms with Gasteiger partial charge in [0.25, 0.3) is 0 Å². The van der Waals surface area contributed by atoms with Gasteiger partial charge in [-0.3, -0.25) is 4.79 Å². The first-order valence-electron chi connectivity index (χ1n) is 6.10. The van der Waals surface area contributed by atoms with Gasteiger partial charge in [-0.25, -0.2) is 9.78 Å². The smallest absolute Gasteiger partial charge is 0.356 e. The molecule has 2 heterocycles. The minimum absolute atomic E-state index is 0.132. The van der Waals surface area contributed by atoms with E-state index in [9.17, 15) is 9.59 Å². The van der Waals surface area contributed by atoms with Gasteiger partial charge in [-0.05, 0) is 6.07 Å². The van der Waals surface area contributed by atoms with Gasteiger partial charge in [-0.1, -0.05) is 0 Å². The molecule has 0 aliphatic rings. The van der Waals surface area contributed by atoms with E-state index in [-0.39, 0.29) is 12.3 Å². The SMILES string of the molecule is COCC(=O)Nc1c(C(=O)OC)n(C)c2ncc(N)cc12. The van der Waals surface area contributed by atoms with Crippen molar-refractivity contribution >= 4 is 34.3 Å². The van der Waals surface area contributed by atoms with E-state index in [2.05, 4.69) is 10.3 Å². The van der Waals surface area contributed by atoms with Crippen molar-refractivity contribution in [3.8, 4) is 0 Å². The Bertz CT molecular complexity index is 708. The summed E-state index contributed by atoms with van der Waals surface area (Å²) in [7, 11) is 4.33. The molecule has 0 fully saturated rings. The van der Waals surface area contributed by atoms with Crippen molar-refractivity contribution in [3.05, 3.63) is 18.0 Å². The highest BCUT2D eigenvalue weighted by Crippen LogP contribution is 2.31. The Morgan fingerprint density at radius 1 is 1.43 bits per heavy atom. The highest BCUT2D eigenvalue weighted by molar-refractivity contribution is 6.11. The van der Waals surface area contributed by atoms with E-state index in [1.54, 1.807) is 17.7 Å². The topological polar surface area (TPSA) is 108 Å². The van der Waals surface area contributed by atoms with Gasteiger partial charge in [0.05, 0.1) is 24.7 Å². The van der Waals surface area contributed by atoms with Gasteiger partial charge in [0.1, 0.15) is 12.3 Å². The van der Waals surface area contributed by atoms with E-state index in [0.29, 0.717) is 22.4 Å². The Balaban J connectivity index is 2.65. The van der Waals surface area contributed by atoms with Crippen LogP contribution in [0.5, 0.6) is 0 Å². The van der Waals surface area contributed by atoms with Crippen LogP contribution in [0.15, 0.2) is 12.3 Å². The van der Waals surface area contributed by atoms with Gasteiger partial charge in [-0.2, -0.15) is 0 Å². The third-order valence-electron chi connectivity index (χ3n) is 2.97. The first kappa shape index (κ1) is 14.8. The summed E-state index contributed by atoms with van der Waals surface area (Å²) >= 11 is 0. The fourth-order valence-corrected chi connectivity index (χ4v) is 2.09. The fraction of sp³-hybridized carbons (Fsp3) is 0.308. The van der Waals surface area contributed by atoms with Crippen molar-refractivity contribution in [1.82, 2.24) is 9.55 Å². The largest absolute Gasteiger partial charge is 0.464 e. The van der Waals surface area contributed by atoms with Crippen LogP contribution in [0.1, 0.15) is 10.5 Å². The first-order chi connectivity index (χ1) is 9.99. The van der Waals surface area contributed by atoms with Gasteiger partial charge >= 0.3 is 5.97 Å². The number of aryl methyl sites for hydroxylation is 1. The van der Waals surface area contributed by atoms with Crippen molar-refractivity contribution in [2.45, 2.75) is 0 Å². The summed E-state index contributed by atoms with van der Waals surface area (Å²) in [6.45, 7) is -0.132. The van der Waals surface area contributed by atoms with Gasteiger partial charge in [0.15, 0.2) is 5.69 Å². The van der Waals surface area contributed by atoms with E-state index >= 15 is 0 Å². The number of aromatic nitrogens is 2. The molecule has 3 N–H and O–H groups in total. The second kappa shape index (κ2) is 5.80. The molecule has 0 radical (unpaired) electrons. The highest BCUT2D eigenvalue weighted by Gasteiger charge is 2.24. The molecule has 0 aromatic carbocycles. The summed E-state index contributed by atoms with van der Waals surface area (Å²) in [5.41, 5.74) is 7.16. The second-order valence-corrected chi connectivity index (χ2v) is 4.40. The lowest BCUT2D eigenvalue weighted by Crippen LogP contribution is -2.19. The number of nitrogens with two attached hydrogens (primary N) is 1. The summed E-state index contributed by atoms with van der Waals surface area (Å²) in [6, 6.07) is 1.64. The number of nitrogens with zero attached hydrogens (tertiary/aromatic N) is 2. The van der Waals surface area contributed by atoms with Crippen LogP contribution in [-0.4, -0.2) is 42.3 Å². The maximum atomic E-state index is 12.0. The van der Waals surface area contributed by atoms with Crippen molar-refractivity contribution in [2.24, 2.45) is 7.05 Å². The maximum Gasteiger partial charge on any atom is 0.356 e. The monoisotopic (exact) mass is 292 g/mol. The zero-order chi connectivity index (χ0) is 15.6. The molecular weight excluding hydrogens is 276 g/mol. The number of anilines is 2. The van der Waals surface area contributed by atoms with Gasteiger partial charge in [0, 0.05) is 19.5 Å². The second-order valence-electron chi connectivity index (χ2n) is 4.40. The van der Waals surface area contributed by atoms with Crippen molar-refractivity contribution in [2.75, 3.05) is 31.9 Å². The number of carbonyl (C=O) groups is 2. The average Bonchev–Trinajstić information content (AvgIpc) is 2.71. The molecule has 0 spiro atoms. The summed E-state index contributed by atoms with van der Waals surface area (Å²) in [6.07, 6.45) is 1.48. The van der Waals surface area contributed by atoms with Crippen LogP contribution in [0.3, 0.4) is 0 Å². The Hall–Kier alpha value is -2.61. The number of pyridine rings is 1. The van der Waals surface area contributed by atoms with E-state index in [1.165, 1.54) is 20.4 Å². The number of carbonyl (C=O) groups excluding carboxylic acids is 2. The average molecular weight is 292 g/mol. The minimum atomic E-state index is -0.582. The van der Waals surface area contributed by atoms with Gasteiger partial charge < -0.3 is 25.1 Å². The highest BCUT2D eigenvalue weighted by atomic mass is 16.5. The zero-order valence-electron chi connectivity index (χ0n) is 12.0. The predicted octanol–water partition coefficient (Wildman–Crippen LogP) is 0.527. The van der Waals surface area contributed by atoms with E-state index in [1.807, 2.05) is 0 Å². The third kappa shape index (κ3) is 2.65. The van der Waals surface area contributed by atoms with Crippen LogP contribution in [0.25, 0.3) is 11.0 Å². The van der Waals surface area contributed by atoms with Crippen molar-refractivity contribution in [3.63, 3.8) is 0 Å². The molecule has 8 nitrogen and oxygen atoms in total. The number of hydrogen-bond acceptors (Lipinski definition) is 6. The Morgan fingerprint density at radius 3 is 2.76 bits per heavy atom. The number of nitrogen functional groups attached to an aromatic ring is 1. The molecule has 0 bridgehead atoms. The standard InChI is InChI=1S/C13H16N4O4/c1-17-11(13(19)21-3)10(16-9(18)6-20-2)8-4-7(14)5-15-12(8)17/h4-5H,6,14H2,1-3H3,(H,16,18). The molecule has 21 heavy (non-hydrogen) atoms. The molecule has 0 unspecified atom stereocenters. The molecule has 0 saturated heterocycles. The van der Waals surface area contributed by atoms with Crippen LogP contribution in [-0.2, 0) is 21.3 Å². The van der Waals surface area contributed by atoms with Crippen molar-refractivity contribution < 1.29 is 19.1 Å². The van der Waals surface area contributed by atoms with E-state index < -0.39 is 11.9 Å². The van der Waals surface area contributed by atoms with Crippen LogP contribution in [0, 0.1) is 0 Å². The lowest BCUT2D eigenvalue weighted by Gasteiger charge is -2.07. The summed E-state index contributed by atoms with van der Waals surface area (Å²) in [5.74, 6) is -0.973. The van der Waals surface area contributed by atoms with Crippen LogP contribution in [0.4, 0.5) is 11.4 Å². The minimum Gasteiger partial charge on any atom is -0.464 e. The molecule has 112 valence electrons. The van der Waals surface area contributed by atoms with Crippen molar-refractivity contribution in [1.29, 1.82) is 0 Å². The molecule has 8 heteroatoms. The van der Waals surface area contributed by atoms with E-state index in [4.69, 9.17) is 15.2 Å². The molecule has 2 aromatic heterocycles. The molecule has 2 rings (SSSR count). The predicted molar refractivity (Wildman–Crippen MR) is 77.0 cm³/mol. The lowest BCUT2D eigenvalue weighted by molar-refractivity contribution is -0.119. The zero-order valence-corrected chi connectivity index (χ0v) is 12.0. The van der Waals surface area contributed by atoms with Crippen LogP contribution >= 0.6 is 0 Å². The first-order valence-corrected chi connectivity index (χ1v) is 6.10. The number of methoxy groups -OCH3 is 2. The number of fused-ring (bicyclic) bond motifs is 1. The molecule has 0 aliphatic heterocycles. The molecule has 1 amide bonds. The normalized spacial score (nSPS) is 10.6. The summed E-state index contributed by atoms with van der Waals surface area (Å²) in [5, 5.41) is 3.19. The summed E-state index contributed by atoms with van der Waals surface area (Å²) < 4.78 is 11.1. The Labute approximate surface area is 120 Å².